The standard InChI is InChI=1S/C22H15N3O.Li.H/c26-21-11-10-15(14-18(21)19-8-3-4-12-23-19)25-20-9-2-1-6-16(20)17-7-5-13-24-22(17)25;;/h1-14,26H;;. The van der Waals surface area contributed by atoms with Gasteiger partial charge >= 0.3 is 18.9 Å². The van der Waals surface area contributed by atoms with E-state index in [1.807, 2.05) is 48.5 Å². The molecule has 5 heteroatoms. The monoisotopic (exact) mass is 345 g/mol. The molecule has 0 unspecified atom stereocenters. The zero-order chi connectivity index (χ0) is 17.5. The first-order chi connectivity index (χ1) is 12.8. The van der Waals surface area contributed by atoms with Gasteiger partial charge in [-0.3, -0.25) is 9.55 Å². The van der Waals surface area contributed by atoms with Gasteiger partial charge in [-0.15, -0.1) is 0 Å². The van der Waals surface area contributed by atoms with Gasteiger partial charge in [0.1, 0.15) is 11.4 Å². The van der Waals surface area contributed by atoms with Crippen molar-refractivity contribution in [2.75, 3.05) is 0 Å². The number of nitrogens with zero attached hydrogens (tertiary/aromatic N) is 3. The van der Waals surface area contributed by atoms with Gasteiger partial charge < -0.3 is 5.11 Å². The molecule has 0 aliphatic rings. The Bertz CT molecular complexity index is 1200. The van der Waals surface area contributed by atoms with E-state index >= 15 is 0 Å². The Hall–Kier alpha value is -3.06. The number of aromatic nitrogens is 3. The van der Waals surface area contributed by atoms with Crippen LogP contribution in [0.25, 0.3) is 38.9 Å². The van der Waals surface area contributed by atoms with E-state index in [4.69, 9.17) is 0 Å². The van der Waals surface area contributed by atoms with Crippen molar-refractivity contribution in [2.24, 2.45) is 0 Å². The van der Waals surface area contributed by atoms with Gasteiger partial charge in [0, 0.05) is 34.4 Å². The minimum absolute atomic E-state index is 0. The Kier molecular flexibility index (Phi) is 4.45. The molecule has 4 nitrogen and oxygen atoms in total. The number of phenolic OH excluding ortho intramolecular Hbond substituents is 1. The second-order valence-corrected chi connectivity index (χ2v) is 6.14. The van der Waals surface area contributed by atoms with Crippen LogP contribution in [0.2, 0.25) is 0 Å². The number of rotatable bonds is 2. The Morgan fingerprint density at radius 1 is 0.741 bits per heavy atom. The normalized spacial score (nSPS) is 10.8. The molecule has 0 aliphatic heterocycles. The van der Waals surface area contributed by atoms with Crippen molar-refractivity contribution in [3.05, 3.63) is 85.2 Å². The van der Waals surface area contributed by atoms with Crippen LogP contribution < -0.4 is 0 Å². The molecule has 126 valence electrons. The van der Waals surface area contributed by atoms with Crippen LogP contribution in [0.4, 0.5) is 0 Å². The van der Waals surface area contributed by atoms with Crippen LogP contribution in [0.3, 0.4) is 0 Å². The summed E-state index contributed by atoms with van der Waals surface area (Å²) in [6, 6.07) is 23.5. The molecule has 2 aromatic carbocycles. The van der Waals surface area contributed by atoms with Gasteiger partial charge in [0.15, 0.2) is 0 Å². The van der Waals surface area contributed by atoms with Gasteiger partial charge in [0.2, 0.25) is 0 Å². The van der Waals surface area contributed by atoms with Crippen LogP contribution in [0.15, 0.2) is 85.2 Å². The molecular formula is C22H16LiN3O. The van der Waals surface area contributed by atoms with Crippen molar-refractivity contribution in [3.63, 3.8) is 0 Å². The first-order valence-corrected chi connectivity index (χ1v) is 8.42. The third-order valence-electron chi connectivity index (χ3n) is 4.61. The van der Waals surface area contributed by atoms with E-state index in [0.29, 0.717) is 5.56 Å². The van der Waals surface area contributed by atoms with E-state index < -0.39 is 0 Å². The third kappa shape index (κ3) is 2.80. The molecular weight excluding hydrogens is 329 g/mol. The van der Waals surface area contributed by atoms with Crippen LogP contribution in [0.5, 0.6) is 5.75 Å². The summed E-state index contributed by atoms with van der Waals surface area (Å²) in [5, 5.41) is 12.6. The Labute approximate surface area is 168 Å². The molecule has 3 aromatic heterocycles. The maximum atomic E-state index is 10.3. The van der Waals surface area contributed by atoms with Gasteiger partial charge in [-0.2, -0.15) is 0 Å². The summed E-state index contributed by atoms with van der Waals surface area (Å²) in [7, 11) is 0. The maximum absolute atomic E-state index is 10.3. The number of phenols is 1. The number of aromatic hydroxyl groups is 1. The first kappa shape index (κ1) is 17.4. The van der Waals surface area contributed by atoms with Crippen LogP contribution >= 0.6 is 0 Å². The van der Waals surface area contributed by atoms with Crippen molar-refractivity contribution in [1.29, 1.82) is 0 Å². The molecule has 0 fully saturated rings. The van der Waals surface area contributed by atoms with E-state index in [1.54, 1.807) is 18.5 Å². The van der Waals surface area contributed by atoms with Crippen molar-refractivity contribution in [3.8, 4) is 22.7 Å². The molecule has 3 heterocycles. The van der Waals surface area contributed by atoms with Crippen LogP contribution in [0, 0.1) is 0 Å². The number of benzene rings is 2. The van der Waals surface area contributed by atoms with Crippen molar-refractivity contribution >= 4 is 40.8 Å². The van der Waals surface area contributed by atoms with Gasteiger partial charge in [-0.1, -0.05) is 24.3 Å². The second kappa shape index (κ2) is 6.92. The predicted molar refractivity (Wildman–Crippen MR) is 111 cm³/mol. The molecule has 0 amide bonds. The fourth-order valence-electron chi connectivity index (χ4n) is 3.45. The first-order valence-electron chi connectivity index (χ1n) is 8.42. The summed E-state index contributed by atoms with van der Waals surface area (Å²) < 4.78 is 2.12. The number of hydrogen-bond donors (Lipinski definition) is 1. The molecule has 0 aliphatic carbocycles. The number of para-hydroxylation sites is 1. The fraction of sp³-hybridized carbons (Fsp3) is 0. The van der Waals surface area contributed by atoms with Crippen molar-refractivity contribution in [2.45, 2.75) is 0 Å². The van der Waals surface area contributed by atoms with Crippen molar-refractivity contribution in [1.82, 2.24) is 14.5 Å². The van der Waals surface area contributed by atoms with E-state index in [0.717, 1.165) is 33.3 Å². The molecule has 0 saturated carbocycles. The van der Waals surface area contributed by atoms with Gasteiger partial charge in [-0.25, -0.2) is 4.98 Å². The van der Waals surface area contributed by atoms with E-state index in [2.05, 4.69) is 32.7 Å². The van der Waals surface area contributed by atoms with E-state index in [1.165, 1.54) is 0 Å². The van der Waals surface area contributed by atoms with Crippen LogP contribution in [-0.2, 0) is 0 Å². The Morgan fingerprint density at radius 2 is 1.52 bits per heavy atom. The molecule has 5 rings (SSSR count). The Morgan fingerprint density at radius 3 is 2.37 bits per heavy atom. The van der Waals surface area contributed by atoms with Gasteiger partial charge in [0.25, 0.3) is 0 Å². The third-order valence-corrected chi connectivity index (χ3v) is 4.61. The number of fused-ring (bicyclic) bond motifs is 3. The quantitative estimate of drug-likeness (QED) is 0.485. The molecule has 27 heavy (non-hydrogen) atoms. The molecule has 5 aromatic rings. The summed E-state index contributed by atoms with van der Waals surface area (Å²) in [4.78, 5) is 8.98. The molecule has 0 spiro atoms. The molecule has 0 radical (unpaired) electrons. The fourth-order valence-corrected chi connectivity index (χ4v) is 3.45. The second-order valence-electron chi connectivity index (χ2n) is 6.14. The molecule has 0 atom stereocenters. The van der Waals surface area contributed by atoms with Crippen LogP contribution in [0.1, 0.15) is 0 Å². The summed E-state index contributed by atoms with van der Waals surface area (Å²) in [5.41, 5.74) is 4.35. The van der Waals surface area contributed by atoms with E-state index in [-0.39, 0.29) is 24.6 Å². The zero-order valence-electron chi connectivity index (χ0n) is 13.9. The average Bonchev–Trinajstić information content (AvgIpc) is 3.04. The Balaban J connectivity index is 0.00000180. The van der Waals surface area contributed by atoms with E-state index in [9.17, 15) is 5.11 Å². The average molecular weight is 345 g/mol. The topological polar surface area (TPSA) is 50.9 Å². The molecule has 0 saturated heterocycles. The number of hydrogen-bond acceptors (Lipinski definition) is 3. The number of pyridine rings is 2. The SMILES string of the molecule is Oc1ccc(-n2c3ccccc3c3cccnc32)cc1-c1ccccn1.[LiH]. The van der Waals surface area contributed by atoms with Gasteiger partial charge in [-0.05, 0) is 48.5 Å². The van der Waals surface area contributed by atoms with Crippen LogP contribution in [-0.4, -0.2) is 38.5 Å². The summed E-state index contributed by atoms with van der Waals surface area (Å²) in [6.07, 6.45) is 3.53. The summed E-state index contributed by atoms with van der Waals surface area (Å²) >= 11 is 0. The summed E-state index contributed by atoms with van der Waals surface area (Å²) in [6.45, 7) is 0. The zero-order valence-corrected chi connectivity index (χ0v) is 13.9. The van der Waals surface area contributed by atoms with Gasteiger partial charge in [0.05, 0.1) is 11.2 Å². The minimum atomic E-state index is 0. The van der Waals surface area contributed by atoms with Crippen molar-refractivity contribution < 1.29 is 5.11 Å². The molecule has 1 N–H and O–H groups in total. The molecule has 0 bridgehead atoms. The summed E-state index contributed by atoms with van der Waals surface area (Å²) in [5.74, 6) is 0.209. The predicted octanol–water partition coefficient (Wildman–Crippen LogP) is 4.30.